The van der Waals surface area contributed by atoms with E-state index in [9.17, 15) is 0 Å². The number of anilines is 1. The molecule has 0 aliphatic heterocycles. The van der Waals surface area contributed by atoms with Gasteiger partial charge in [-0.1, -0.05) is 6.92 Å². The summed E-state index contributed by atoms with van der Waals surface area (Å²) in [6.45, 7) is 6.17. The molecule has 0 saturated heterocycles. The first-order valence-electron chi connectivity index (χ1n) is 5.29. The molecule has 0 amide bonds. The lowest BCUT2D eigenvalue weighted by atomic mass is 10.2. The van der Waals surface area contributed by atoms with E-state index >= 15 is 0 Å². The van der Waals surface area contributed by atoms with Crippen molar-refractivity contribution in [2.24, 2.45) is 5.92 Å². The summed E-state index contributed by atoms with van der Waals surface area (Å²) in [4.78, 5) is 10.7. The Morgan fingerprint density at radius 1 is 1.53 bits per heavy atom. The van der Waals surface area contributed by atoms with Gasteiger partial charge in [-0.05, 0) is 32.5 Å². The number of aromatic nitrogens is 2. The highest BCUT2D eigenvalue weighted by atomic mass is 15.2. The van der Waals surface area contributed by atoms with Crippen LogP contribution in [-0.4, -0.2) is 37.2 Å². The maximum atomic E-state index is 4.38. The van der Waals surface area contributed by atoms with Crippen LogP contribution < -0.4 is 10.2 Å². The van der Waals surface area contributed by atoms with Crippen LogP contribution in [0, 0.1) is 12.8 Å². The molecule has 1 rings (SSSR count). The molecule has 0 saturated carbocycles. The summed E-state index contributed by atoms with van der Waals surface area (Å²) >= 11 is 0. The Bertz CT molecular complexity index is 300. The Balaban J connectivity index is 2.56. The molecule has 0 aromatic carbocycles. The first-order chi connectivity index (χ1) is 7.13. The van der Waals surface area contributed by atoms with Crippen LogP contribution >= 0.6 is 0 Å². The van der Waals surface area contributed by atoms with E-state index in [-0.39, 0.29) is 0 Å². The van der Waals surface area contributed by atoms with Gasteiger partial charge in [0.1, 0.15) is 0 Å². The second-order valence-electron chi connectivity index (χ2n) is 4.04. The summed E-state index contributed by atoms with van der Waals surface area (Å²) in [6, 6.07) is 1.91. The summed E-state index contributed by atoms with van der Waals surface area (Å²) < 4.78 is 0. The molecule has 1 aromatic heterocycles. The van der Waals surface area contributed by atoms with Crippen molar-refractivity contribution in [3.05, 3.63) is 18.0 Å². The predicted octanol–water partition coefficient (Wildman–Crippen LogP) is 1.08. The van der Waals surface area contributed by atoms with Gasteiger partial charge in [-0.25, -0.2) is 9.97 Å². The van der Waals surface area contributed by atoms with E-state index in [1.54, 1.807) is 6.20 Å². The van der Waals surface area contributed by atoms with E-state index < -0.39 is 0 Å². The van der Waals surface area contributed by atoms with E-state index in [1.807, 2.05) is 27.1 Å². The maximum Gasteiger partial charge on any atom is 0.225 e. The zero-order valence-electron chi connectivity index (χ0n) is 9.99. The van der Waals surface area contributed by atoms with Gasteiger partial charge < -0.3 is 10.2 Å². The molecule has 15 heavy (non-hydrogen) atoms. The topological polar surface area (TPSA) is 41.0 Å². The van der Waals surface area contributed by atoms with Crippen molar-refractivity contribution < 1.29 is 0 Å². The fraction of sp³-hybridized carbons (Fsp3) is 0.636. The Morgan fingerprint density at radius 3 is 2.87 bits per heavy atom. The third kappa shape index (κ3) is 3.83. The van der Waals surface area contributed by atoms with Gasteiger partial charge in [-0.3, -0.25) is 0 Å². The SMILES string of the molecule is CNCC(C)CN(C)c1nccc(C)n1. The summed E-state index contributed by atoms with van der Waals surface area (Å²) in [6.07, 6.45) is 1.80. The molecular weight excluding hydrogens is 188 g/mol. The molecule has 0 aliphatic rings. The first kappa shape index (κ1) is 11.9. The smallest absolute Gasteiger partial charge is 0.225 e. The van der Waals surface area contributed by atoms with Crippen LogP contribution in [0.15, 0.2) is 12.3 Å². The Morgan fingerprint density at radius 2 is 2.27 bits per heavy atom. The summed E-state index contributed by atoms with van der Waals surface area (Å²) in [7, 11) is 4.00. The normalized spacial score (nSPS) is 12.5. The monoisotopic (exact) mass is 208 g/mol. The number of rotatable bonds is 5. The lowest BCUT2D eigenvalue weighted by Crippen LogP contribution is -2.30. The lowest BCUT2D eigenvalue weighted by Gasteiger charge is -2.21. The van der Waals surface area contributed by atoms with Crippen molar-refractivity contribution in [3.8, 4) is 0 Å². The molecule has 1 N–H and O–H groups in total. The third-order valence-electron chi connectivity index (χ3n) is 2.26. The quantitative estimate of drug-likeness (QED) is 0.786. The average molecular weight is 208 g/mol. The molecule has 84 valence electrons. The molecule has 0 aliphatic carbocycles. The van der Waals surface area contributed by atoms with Crippen molar-refractivity contribution >= 4 is 5.95 Å². The molecule has 0 bridgehead atoms. The maximum absolute atomic E-state index is 4.38. The van der Waals surface area contributed by atoms with Crippen LogP contribution in [0.2, 0.25) is 0 Å². The molecule has 0 radical (unpaired) electrons. The molecule has 4 heteroatoms. The minimum absolute atomic E-state index is 0.587. The van der Waals surface area contributed by atoms with E-state index in [0.29, 0.717) is 5.92 Å². The second-order valence-corrected chi connectivity index (χ2v) is 4.04. The standard InChI is InChI=1S/C11H20N4/c1-9(7-12-3)8-15(4)11-13-6-5-10(2)14-11/h5-6,9,12H,7-8H2,1-4H3. The van der Waals surface area contributed by atoms with Gasteiger partial charge >= 0.3 is 0 Å². The largest absolute Gasteiger partial charge is 0.344 e. The highest BCUT2D eigenvalue weighted by Crippen LogP contribution is 2.07. The minimum Gasteiger partial charge on any atom is -0.344 e. The number of nitrogens with zero attached hydrogens (tertiary/aromatic N) is 3. The molecule has 0 fully saturated rings. The molecule has 1 atom stereocenters. The zero-order chi connectivity index (χ0) is 11.3. The van der Waals surface area contributed by atoms with Crippen molar-refractivity contribution in [1.29, 1.82) is 0 Å². The average Bonchev–Trinajstić information content (AvgIpc) is 2.18. The molecular formula is C11H20N4. The van der Waals surface area contributed by atoms with Crippen LogP contribution in [-0.2, 0) is 0 Å². The summed E-state index contributed by atoms with van der Waals surface area (Å²) in [5.41, 5.74) is 1.01. The number of nitrogens with one attached hydrogen (secondary N) is 1. The second kappa shape index (κ2) is 5.66. The Kier molecular flexibility index (Phi) is 4.49. The summed E-state index contributed by atoms with van der Waals surface area (Å²) in [5.74, 6) is 1.39. The predicted molar refractivity (Wildman–Crippen MR) is 63.1 cm³/mol. The van der Waals surface area contributed by atoms with Crippen LogP contribution in [0.4, 0.5) is 5.95 Å². The molecule has 0 spiro atoms. The summed E-state index contributed by atoms with van der Waals surface area (Å²) in [5, 5.41) is 3.17. The van der Waals surface area contributed by atoms with Gasteiger partial charge in [-0.15, -0.1) is 0 Å². The van der Waals surface area contributed by atoms with Crippen LogP contribution in [0.1, 0.15) is 12.6 Å². The number of hydrogen-bond donors (Lipinski definition) is 1. The van der Waals surface area contributed by atoms with Crippen LogP contribution in [0.5, 0.6) is 0 Å². The van der Waals surface area contributed by atoms with E-state index in [1.165, 1.54) is 0 Å². The van der Waals surface area contributed by atoms with Gasteiger partial charge in [0.15, 0.2) is 0 Å². The van der Waals surface area contributed by atoms with Gasteiger partial charge in [0, 0.05) is 25.5 Å². The van der Waals surface area contributed by atoms with Crippen molar-refractivity contribution in [3.63, 3.8) is 0 Å². The number of hydrogen-bond acceptors (Lipinski definition) is 4. The zero-order valence-corrected chi connectivity index (χ0v) is 9.99. The highest BCUT2D eigenvalue weighted by Gasteiger charge is 2.08. The number of aryl methyl sites for hydroxylation is 1. The highest BCUT2D eigenvalue weighted by molar-refractivity contribution is 5.28. The van der Waals surface area contributed by atoms with Crippen LogP contribution in [0.3, 0.4) is 0 Å². The molecule has 1 unspecified atom stereocenters. The van der Waals surface area contributed by atoms with E-state index in [4.69, 9.17) is 0 Å². The van der Waals surface area contributed by atoms with Gasteiger partial charge in [0.2, 0.25) is 5.95 Å². The fourth-order valence-electron chi connectivity index (χ4n) is 1.58. The van der Waals surface area contributed by atoms with Gasteiger partial charge in [0.05, 0.1) is 0 Å². The molecule has 4 nitrogen and oxygen atoms in total. The minimum atomic E-state index is 0.587. The van der Waals surface area contributed by atoms with Gasteiger partial charge in [-0.2, -0.15) is 0 Å². The first-order valence-corrected chi connectivity index (χ1v) is 5.29. The van der Waals surface area contributed by atoms with Crippen molar-refractivity contribution in [1.82, 2.24) is 15.3 Å². The Hall–Kier alpha value is -1.16. The van der Waals surface area contributed by atoms with Crippen LogP contribution in [0.25, 0.3) is 0 Å². The van der Waals surface area contributed by atoms with E-state index in [2.05, 4.69) is 27.1 Å². The molecule has 1 heterocycles. The molecule has 1 aromatic rings. The third-order valence-corrected chi connectivity index (χ3v) is 2.26. The lowest BCUT2D eigenvalue weighted by molar-refractivity contribution is 0.538. The van der Waals surface area contributed by atoms with Gasteiger partial charge in [0.25, 0.3) is 0 Å². The van der Waals surface area contributed by atoms with Crippen molar-refractivity contribution in [2.75, 3.05) is 32.1 Å². The van der Waals surface area contributed by atoms with Crippen molar-refractivity contribution in [2.45, 2.75) is 13.8 Å². The fourth-order valence-corrected chi connectivity index (χ4v) is 1.58. The Labute approximate surface area is 91.7 Å². The van der Waals surface area contributed by atoms with E-state index in [0.717, 1.165) is 24.7 Å².